The molecule has 1 heterocycles. The van der Waals surface area contributed by atoms with E-state index >= 15 is 0 Å². The summed E-state index contributed by atoms with van der Waals surface area (Å²) < 4.78 is 10.7. The minimum atomic E-state index is 0.531. The first kappa shape index (κ1) is 12.9. The molecule has 0 bridgehead atoms. The first-order valence-corrected chi connectivity index (χ1v) is 6.14. The Morgan fingerprint density at radius 1 is 1.47 bits per heavy atom. The normalized spacial score (nSPS) is 23.2. The summed E-state index contributed by atoms with van der Waals surface area (Å²) in [5.41, 5.74) is 0. The SMILES string of the molecule is CNC(CCCOC)CCC1CCCO1. The molecule has 0 aromatic rings. The van der Waals surface area contributed by atoms with Gasteiger partial charge in [0.2, 0.25) is 0 Å². The van der Waals surface area contributed by atoms with Crippen LogP contribution < -0.4 is 5.32 Å². The Kier molecular flexibility index (Phi) is 6.98. The van der Waals surface area contributed by atoms with Gasteiger partial charge in [0.25, 0.3) is 0 Å². The Bertz CT molecular complexity index is 147. The predicted molar refractivity (Wildman–Crippen MR) is 62.2 cm³/mol. The van der Waals surface area contributed by atoms with Crippen molar-refractivity contribution in [1.29, 1.82) is 0 Å². The summed E-state index contributed by atoms with van der Waals surface area (Å²) in [5.74, 6) is 0. The summed E-state index contributed by atoms with van der Waals surface area (Å²) >= 11 is 0. The van der Waals surface area contributed by atoms with E-state index in [4.69, 9.17) is 9.47 Å². The minimum Gasteiger partial charge on any atom is -0.385 e. The summed E-state index contributed by atoms with van der Waals surface area (Å²) in [6.45, 7) is 1.84. The number of nitrogens with one attached hydrogen (secondary N) is 1. The van der Waals surface area contributed by atoms with Crippen molar-refractivity contribution in [3.05, 3.63) is 0 Å². The Balaban J connectivity index is 2.04. The lowest BCUT2D eigenvalue weighted by Crippen LogP contribution is -2.26. The average Bonchev–Trinajstić information content (AvgIpc) is 2.76. The van der Waals surface area contributed by atoms with Gasteiger partial charge >= 0.3 is 0 Å². The molecule has 2 atom stereocenters. The van der Waals surface area contributed by atoms with Crippen molar-refractivity contribution in [3.63, 3.8) is 0 Å². The van der Waals surface area contributed by atoms with Gasteiger partial charge in [0.1, 0.15) is 0 Å². The highest BCUT2D eigenvalue weighted by Gasteiger charge is 2.16. The smallest absolute Gasteiger partial charge is 0.0576 e. The van der Waals surface area contributed by atoms with Gasteiger partial charge in [-0.05, 0) is 45.6 Å². The van der Waals surface area contributed by atoms with Gasteiger partial charge in [-0.3, -0.25) is 0 Å². The molecule has 1 fully saturated rings. The van der Waals surface area contributed by atoms with E-state index < -0.39 is 0 Å². The molecule has 0 spiro atoms. The van der Waals surface area contributed by atoms with Crippen molar-refractivity contribution in [2.24, 2.45) is 0 Å². The number of ether oxygens (including phenoxy) is 2. The Hall–Kier alpha value is -0.120. The highest BCUT2D eigenvalue weighted by atomic mass is 16.5. The zero-order valence-corrected chi connectivity index (χ0v) is 10.1. The van der Waals surface area contributed by atoms with Crippen molar-refractivity contribution in [3.8, 4) is 0 Å². The molecular formula is C12H25NO2. The number of hydrogen-bond acceptors (Lipinski definition) is 3. The van der Waals surface area contributed by atoms with E-state index in [2.05, 4.69) is 5.32 Å². The van der Waals surface area contributed by atoms with E-state index in [1.54, 1.807) is 7.11 Å². The van der Waals surface area contributed by atoms with E-state index in [0.29, 0.717) is 12.1 Å². The van der Waals surface area contributed by atoms with Gasteiger partial charge in [0, 0.05) is 26.4 Å². The molecule has 0 saturated carbocycles. The molecule has 3 nitrogen and oxygen atoms in total. The van der Waals surface area contributed by atoms with Gasteiger partial charge in [-0.1, -0.05) is 0 Å². The van der Waals surface area contributed by atoms with E-state index in [-0.39, 0.29) is 0 Å². The molecule has 0 aliphatic carbocycles. The highest BCUT2D eigenvalue weighted by Crippen LogP contribution is 2.18. The van der Waals surface area contributed by atoms with Crippen molar-refractivity contribution in [2.75, 3.05) is 27.4 Å². The quantitative estimate of drug-likeness (QED) is 0.628. The fourth-order valence-electron chi connectivity index (χ4n) is 2.17. The molecule has 3 heteroatoms. The topological polar surface area (TPSA) is 30.5 Å². The van der Waals surface area contributed by atoms with Crippen LogP contribution in [0.3, 0.4) is 0 Å². The Morgan fingerprint density at radius 3 is 2.93 bits per heavy atom. The molecule has 1 rings (SSSR count). The zero-order valence-electron chi connectivity index (χ0n) is 10.1. The van der Waals surface area contributed by atoms with E-state index in [1.165, 1.54) is 32.1 Å². The van der Waals surface area contributed by atoms with Gasteiger partial charge < -0.3 is 14.8 Å². The third-order valence-electron chi connectivity index (χ3n) is 3.17. The monoisotopic (exact) mass is 215 g/mol. The molecular weight excluding hydrogens is 190 g/mol. The maximum atomic E-state index is 5.62. The van der Waals surface area contributed by atoms with Crippen molar-refractivity contribution < 1.29 is 9.47 Å². The Morgan fingerprint density at radius 2 is 2.33 bits per heavy atom. The van der Waals surface area contributed by atoms with Crippen LogP contribution in [0.4, 0.5) is 0 Å². The fourth-order valence-corrected chi connectivity index (χ4v) is 2.17. The van der Waals surface area contributed by atoms with Crippen LogP contribution in [0, 0.1) is 0 Å². The fraction of sp³-hybridized carbons (Fsp3) is 1.00. The molecule has 0 aromatic carbocycles. The third kappa shape index (κ3) is 5.50. The lowest BCUT2D eigenvalue weighted by atomic mass is 10.0. The lowest BCUT2D eigenvalue weighted by Gasteiger charge is -2.17. The van der Waals surface area contributed by atoms with E-state index in [0.717, 1.165) is 19.6 Å². The molecule has 1 N–H and O–H groups in total. The number of hydrogen-bond donors (Lipinski definition) is 1. The summed E-state index contributed by atoms with van der Waals surface area (Å²) in [6.07, 6.45) is 7.82. The van der Waals surface area contributed by atoms with Crippen LogP contribution in [-0.2, 0) is 9.47 Å². The summed E-state index contributed by atoms with van der Waals surface area (Å²) in [4.78, 5) is 0. The second kappa shape index (κ2) is 8.08. The molecule has 2 unspecified atom stereocenters. The third-order valence-corrected chi connectivity index (χ3v) is 3.17. The maximum Gasteiger partial charge on any atom is 0.0576 e. The Labute approximate surface area is 93.5 Å². The van der Waals surface area contributed by atoms with Crippen LogP contribution in [-0.4, -0.2) is 39.5 Å². The lowest BCUT2D eigenvalue weighted by molar-refractivity contribution is 0.0990. The van der Waals surface area contributed by atoms with Crippen LogP contribution in [0.2, 0.25) is 0 Å². The van der Waals surface area contributed by atoms with Crippen LogP contribution in [0.25, 0.3) is 0 Å². The zero-order chi connectivity index (χ0) is 10.9. The van der Waals surface area contributed by atoms with Gasteiger partial charge in [-0.2, -0.15) is 0 Å². The molecule has 0 aromatic heterocycles. The van der Waals surface area contributed by atoms with Gasteiger partial charge in [-0.25, -0.2) is 0 Å². The molecule has 1 aliphatic heterocycles. The van der Waals surface area contributed by atoms with Gasteiger partial charge in [0.15, 0.2) is 0 Å². The first-order chi connectivity index (χ1) is 7.36. The average molecular weight is 215 g/mol. The standard InChI is InChI=1S/C12H25NO2/c1-13-11(5-3-9-14-2)7-8-12-6-4-10-15-12/h11-13H,3-10H2,1-2H3. The molecule has 1 saturated heterocycles. The minimum absolute atomic E-state index is 0.531. The van der Waals surface area contributed by atoms with E-state index in [1.807, 2.05) is 7.05 Å². The van der Waals surface area contributed by atoms with Crippen LogP contribution in [0.1, 0.15) is 38.5 Å². The van der Waals surface area contributed by atoms with Crippen molar-refractivity contribution in [1.82, 2.24) is 5.32 Å². The first-order valence-electron chi connectivity index (χ1n) is 6.14. The van der Waals surface area contributed by atoms with Crippen LogP contribution in [0.15, 0.2) is 0 Å². The predicted octanol–water partition coefficient (Wildman–Crippen LogP) is 1.96. The van der Waals surface area contributed by atoms with Gasteiger partial charge in [0.05, 0.1) is 6.10 Å². The highest BCUT2D eigenvalue weighted by molar-refractivity contribution is 4.71. The molecule has 90 valence electrons. The van der Waals surface area contributed by atoms with Crippen molar-refractivity contribution >= 4 is 0 Å². The largest absolute Gasteiger partial charge is 0.385 e. The number of rotatable bonds is 8. The molecule has 0 radical (unpaired) electrons. The van der Waals surface area contributed by atoms with Crippen molar-refractivity contribution in [2.45, 2.75) is 50.7 Å². The molecule has 1 aliphatic rings. The number of methoxy groups -OCH3 is 1. The molecule has 15 heavy (non-hydrogen) atoms. The summed E-state index contributed by atoms with van der Waals surface area (Å²) in [6, 6.07) is 0.629. The second-order valence-corrected chi connectivity index (χ2v) is 4.33. The van der Waals surface area contributed by atoms with E-state index in [9.17, 15) is 0 Å². The summed E-state index contributed by atoms with van der Waals surface area (Å²) in [5, 5.41) is 3.37. The second-order valence-electron chi connectivity index (χ2n) is 4.33. The van der Waals surface area contributed by atoms with Crippen LogP contribution >= 0.6 is 0 Å². The maximum absolute atomic E-state index is 5.62. The van der Waals surface area contributed by atoms with Gasteiger partial charge in [-0.15, -0.1) is 0 Å². The summed E-state index contributed by atoms with van der Waals surface area (Å²) in [7, 11) is 3.81. The molecule has 0 amide bonds. The van der Waals surface area contributed by atoms with Crippen LogP contribution in [0.5, 0.6) is 0 Å².